The van der Waals surface area contributed by atoms with Gasteiger partial charge in [0.1, 0.15) is 0 Å². The Labute approximate surface area is 76.2 Å². The molecule has 0 bridgehead atoms. The Hall–Kier alpha value is 0.852. The van der Waals surface area contributed by atoms with Crippen molar-refractivity contribution in [3.63, 3.8) is 0 Å². The molecular formula is C9H21FPb. The molecule has 0 saturated heterocycles. The van der Waals surface area contributed by atoms with E-state index in [0.717, 1.165) is 0 Å². The quantitative estimate of drug-likeness (QED) is 0.668. The van der Waals surface area contributed by atoms with Crippen LogP contribution in [0.5, 0.6) is 0 Å². The predicted octanol–water partition coefficient (Wildman–Crippen LogP) is 4.13. The third-order valence-corrected chi connectivity index (χ3v) is 23.3. The summed E-state index contributed by atoms with van der Waals surface area (Å²) in [4.78, 5) is 0. The topological polar surface area (TPSA) is 0 Å². The summed E-state index contributed by atoms with van der Waals surface area (Å²) in [5, 5.41) is 0. The van der Waals surface area contributed by atoms with E-state index in [1.54, 1.807) is 0 Å². The summed E-state index contributed by atoms with van der Waals surface area (Å²) < 4.78 is 15.4. The SMILES string of the molecule is C[CH](C)[Pb]([F])([CH](C)C)[CH](C)C. The first-order chi connectivity index (χ1) is 4.83. The summed E-state index contributed by atoms with van der Waals surface area (Å²) in [7, 11) is 0. The molecule has 0 amide bonds. The molecule has 0 aromatic carbocycles. The second kappa shape index (κ2) is 4.19. The van der Waals surface area contributed by atoms with Gasteiger partial charge in [-0.15, -0.1) is 0 Å². The van der Waals surface area contributed by atoms with Crippen molar-refractivity contribution in [3.05, 3.63) is 0 Å². The molecule has 0 spiro atoms. The van der Waals surface area contributed by atoms with Crippen LogP contribution in [0.25, 0.3) is 0 Å². The van der Waals surface area contributed by atoms with Crippen LogP contribution in [0.3, 0.4) is 0 Å². The van der Waals surface area contributed by atoms with Gasteiger partial charge >= 0.3 is 76.3 Å². The fraction of sp³-hybridized carbons (Fsp3) is 1.00. The van der Waals surface area contributed by atoms with Crippen LogP contribution in [-0.4, -0.2) is 21.8 Å². The minimum atomic E-state index is -3.37. The van der Waals surface area contributed by atoms with E-state index in [1.807, 2.05) is 0 Å². The molecule has 0 unspecified atom stereocenters. The van der Waals surface area contributed by atoms with Crippen molar-refractivity contribution in [3.8, 4) is 0 Å². The summed E-state index contributed by atoms with van der Waals surface area (Å²) >= 11 is -3.37. The summed E-state index contributed by atoms with van der Waals surface area (Å²) in [6.07, 6.45) is 0. The van der Waals surface area contributed by atoms with Crippen LogP contribution in [0.15, 0.2) is 0 Å². The molecule has 0 radical (unpaired) electrons. The zero-order valence-electron chi connectivity index (χ0n) is 8.61. The monoisotopic (exact) mass is 356 g/mol. The molecular weight excluding hydrogens is 334 g/mol. The minimum absolute atomic E-state index is 0.336. The molecule has 0 aromatic rings. The Kier molecular flexibility index (Phi) is 4.52. The Morgan fingerprint density at radius 3 is 0.909 bits per heavy atom. The van der Waals surface area contributed by atoms with E-state index in [4.69, 9.17) is 0 Å². The van der Waals surface area contributed by atoms with Crippen molar-refractivity contribution in [2.75, 3.05) is 0 Å². The molecule has 68 valence electrons. The van der Waals surface area contributed by atoms with Gasteiger partial charge in [0.05, 0.1) is 0 Å². The Bertz CT molecular complexity index is 97.0. The molecule has 0 saturated carbocycles. The zero-order valence-corrected chi connectivity index (χ0v) is 12.5. The second-order valence-electron chi connectivity index (χ2n) is 4.29. The van der Waals surface area contributed by atoms with Crippen molar-refractivity contribution in [2.24, 2.45) is 0 Å². The van der Waals surface area contributed by atoms with Crippen molar-refractivity contribution >= 4 is 21.8 Å². The van der Waals surface area contributed by atoms with Crippen LogP contribution >= 0.6 is 0 Å². The second-order valence-corrected chi connectivity index (χ2v) is 24.2. The van der Waals surface area contributed by atoms with Crippen molar-refractivity contribution in [2.45, 2.75) is 52.0 Å². The van der Waals surface area contributed by atoms with Crippen LogP contribution in [-0.2, 0) is 0 Å². The average molecular weight is 355 g/mol. The van der Waals surface area contributed by atoms with E-state index in [9.17, 15) is 2.51 Å². The van der Waals surface area contributed by atoms with Crippen molar-refractivity contribution in [1.82, 2.24) is 0 Å². The van der Waals surface area contributed by atoms with E-state index in [1.165, 1.54) is 0 Å². The fourth-order valence-corrected chi connectivity index (χ4v) is 17.5. The van der Waals surface area contributed by atoms with Gasteiger partial charge in [-0.25, -0.2) is 0 Å². The van der Waals surface area contributed by atoms with Gasteiger partial charge < -0.3 is 0 Å². The number of hydrogen-bond donors (Lipinski definition) is 0. The Balaban J connectivity index is 4.53. The fourth-order valence-electron chi connectivity index (χ4n) is 2.00. The predicted molar refractivity (Wildman–Crippen MR) is 52.2 cm³/mol. The van der Waals surface area contributed by atoms with Crippen LogP contribution in [0, 0.1) is 0 Å². The summed E-state index contributed by atoms with van der Waals surface area (Å²) in [5.74, 6) is 0. The average Bonchev–Trinajstić information content (AvgIpc) is 1.84. The zero-order chi connectivity index (χ0) is 9.23. The summed E-state index contributed by atoms with van der Waals surface area (Å²) in [5.41, 5.74) is 0. The normalized spacial score (nSPS) is 13.6. The molecule has 0 nitrogen and oxygen atoms in total. The van der Waals surface area contributed by atoms with Gasteiger partial charge in [-0.1, -0.05) is 0 Å². The maximum absolute atomic E-state index is 14.4. The van der Waals surface area contributed by atoms with Crippen molar-refractivity contribution in [1.29, 1.82) is 0 Å². The molecule has 0 aliphatic heterocycles. The van der Waals surface area contributed by atoms with Gasteiger partial charge in [0.2, 0.25) is 0 Å². The van der Waals surface area contributed by atoms with Crippen LogP contribution in [0.1, 0.15) is 41.5 Å². The van der Waals surface area contributed by atoms with E-state index >= 15 is 0 Å². The van der Waals surface area contributed by atoms with E-state index in [2.05, 4.69) is 41.5 Å². The van der Waals surface area contributed by atoms with Crippen LogP contribution < -0.4 is 0 Å². The van der Waals surface area contributed by atoms with Gasteiger partial charge in [0.15, 0.2) is 0 Å². The Morgan fingerprint density at radius 1 is 0.727 bits per heavy atom. The molecule has 0 aliphatic rings. The van der Waals surface area contributed by atoms with E-state index in [0.29, 0.717) is 10.4 Å². The Morgan fingerprint density at radius 2 is 0.909 bits per heavy atom. The summed E-state index contributed by atoms with van der Waals surface area (Å²) in [6.45, 7) is 12.3. The number of halogens is 1. The van der Waals surface area contributed by atoms with E-state index in [-0.39, 0.29) is 0 Å². The third kappa shape index (κ3) is 2.39. The van der Waals surface area contributed by atoms with Gasteiger partial charge in [-0.3, -0.25) is 0 Å². The van der Waals surface area contributed by atoms with Gasteiger partial charge in [0, 0.05) is 0 Å². The molecule has 0 heterocycles. The first kappa shape index (κ1) is 11.9. The third-order valence-electron chi connectivity index (χ3n) is 2.65. The van der Waals surface area contributed by atoms with Crippen molar-refractivity contribution < 1.29 is 2.51 Å². The van der Waals surface area contributed by atoms with E-state index < -0.39 is 21.8 Å². The first-order valence-corrected chi connectivity index (χ1v) is 12.7. The molecule has 0 aliphatic carbocycles. The summed E-state index contributed by atoms with van der Waals surface area (Å²) in [6, 6.07) is 0. The standard InChI is InChI=1S/3C3H7.FH.Pb/c3*1-3-2;;/h3*3H,1-2H3;1H;/q;;;;+1/p-1. The molecule has 11 heavy (non-hydrogen) atoms. The maximum atomic E-state index is 14.4. The molecule has 0 N–H and O–H groups in total. The first-order valence-electron chi connectivity index (χ1n) is 4.52. The van der Waals surface area contributed by atoms with Gasteiger partial charge in [0.25, 0.3) is 0 Å². The molecule has 0 aromatic heterocycles. The number of rotatable bonds is 3. The molecule has 0 atom stereocenters. The molecule has 0 rings (SSSR count). The van der Waals surface area contributed by atoms with Gasteiger partial charge in [-0.2, -0.15) is 0 Å². The molecule has 2 heteroatoms. The number of hydrogen-bond acceptors (Lipinski definition) is 0. The van der Waals surface area contributed by atoms with Crippen LogP contribution in [0.4, 0.5) is 2.51 Å². The van der Waals surface area contributed by atoms with Crippen LogP contribution in [0.2, 0.25) is 10.4 Å². The van der Waals surface area contributed by atoms with Gasteiger partial charge in [-0.05, 0) is 0 Å². The molecule has 0 fully saturated rings.